The van der Waals surface area contributed by atoms with Gasteiger partial charge in [-0.3, -0.25) is 4.79 Å². The summed E-state index contributed by atoms with van der Waals surface area (Å²) >= 11 is 1.68. The van der Waals surface area contributed by atoms with E-state index in [4.69, 9.17) is 0 Å². The molecule has 0 spiro atoms. The number of hydrogen-bond donors (Lipinski definition) is 0. The lowest BCUT2D eigenvalue weighted by Crippen LogP contribution is -2.04. The van der Waals surface area contributed by atoms with Gasteiger partial charge in [-0.15, -0.1) is 0 Å². The van der Waals surface area contributed by atoms with E-state index in [9.17, 15) is 4.79 Å². The lowest BCUT2D eigenvalue weighted by molar-refractivity contribution is -0.112. The normalized spacial score (nSPS) is 11.1. The van der Waals surface area contributed by atoms with Gasteiger partial charge in [0.15, 0.2) is 5.78 Å². The second-order valence-electron chi connectivity index (χ2n) is 2.89. The maximum atomic E-state index is 11.5. The first-order valence-corrected chi connectivity index (χ1v) is 5.97. The van der Waals surface area contributed by atoms with E-state index in [1.54, 1.807) is 30.0 Å². The number of thioether (sulfide) groups is 1. The van der Waals surface area contributed by atoms with Gasteiger partial charge >= 0.3 is 0 Å². The predicted molar refractivity (Wildman–Crippen MR) is 65.7 cm³/mol. The molecule has 78 valence electrons. The Kier molecular flexibility index (Phi) is 8.34. The Morgan fingerprint density at radius 1 is 1.43 bits per heavy atom. The summed E-state index contributed by atoms with van der Waals surface area (Å²) in [5.41, 5.74) is 0.656. The van der Waals surface area contributed by atoms with Crippen LogP contribution in [0.3, 0.4) is 0 Å². The fraction of sp³-hybridized carbons (Fsp3) is 0.417. The average molecular weight is 210 g/mol. The maximum absolute atomic E-state index is 11.5. The summed E-state index contributed by atoms with van der Waals surface area (Å²) < 4.78 is 0. The zero-order valence-electron chi connectivity index (χ0n) is 8.79. The standard InChI is InChI=1S/C12H18OS/c1-4-7-9-14-10-12(13)11(6-3)8-5-2/h5-6,8H,2-4,7,9-10H2,1H3/b11-8+. The summed E-state index contributed by atoms with van der Waals surface area (Å²) in [5, 5.41) is 0. The summed E-state index contributed by atoms with van der Waals surface area (Å²) in [6, 6.07) is 0. The molecule has 0 unspecified atom stereocenters. The molecule has 0 aliphatic heterocycles. The van der Waals surface area contributed by atoms with Crippen LogP contribution in [-0.4, -0.2) is 17.3 Å². The second kappa shape index (κ2) is 8.82. The fourth-order valence-corrected chi connectivity index (χ4v) is 1.89. The van der Waals surface area contributed by atoms with Crippen LogP contribution in [0.1, 0.15) is 19.8 Å². The summed E-state index contributed by atoms with van der Waals surface area (Å²) in [6.07, 6.45) is 7.26. The number of hydrogen-bond acceptors (Lipinski definition) is 2. The Balaban J connectivity index is 3.87. The highest BCUT2D eigenvalue weighted by atomic mass is 32.2. The number of Topliss-reactive ketones (excluding diaryl/α,β-unsaturated/α-hetero) is 1. The molecule has 0 aromatic carbocycles. The van der Waals surface area contributed by atoms with E-state index in [0.29, 0.717) is 11.3 Å². The van der Waals surface area contributed by atoms with E-state index < -0.39 is 0 Å². The molecule has 14 heavy (non-hydrogen) atoms. The first-order chi connectivity index (χ1) is 6.76. The van der Waals surface area contributed by atoms with Crippen molar-refractivity contribution in [2.75, 3.05) is 11.5 Å². The molecule has 0 saturated carbocycles. The summed E-state index contributed by atoms with van der Waals surface area (Å²) in [5.74, 6) is 1.74. The molecular formula is C12H18OS. The van der Waals surface area contributed by atoms with Crippen LogP contribution in [0.15, 0.2) is 37.0 Å². The minimum absolute atomic E-state index is 0.140. The van der Waals surface area contributed by atoms with Gasteiger partial charge in [0, 0.05) is 5.57 Å². The van der Waals surface area contributed by atoms with E-state index in [-0.39, 0.29) is 5.78 Å². The first kappa shape index (κ1) is 13.2. The van der Waals surface area contributed by atoms with Gasteiger partial charge < -0.3 is 0 Å². The molecule has 0 rings (SSSR count). The average Bonchev–Trinajstić information content (AvgIpc) is 2.20. The van der Waals surface area contributed by atoms with Gasteiger partial charge in [-0.25, -0.2) is 0 Å². The lowest BCUT2D eigenvalue weighted by atomic mass is 10.2. The smallest absolute Gasteiger partial charge is 0.172 e. The maximum Gasteiger partial charge on any atom is 0.172 e. The molecule has 0 radical (unpaired) electrons. The molecular weight excluding hydrogens is 192 g/mol. The monoisotopic (exact) mass is 210 g/mol. The van der Waals surface area contributed by atoms with Gasteiger partial charge in [-0.1, -0.05) is 44.7 Å². The van der Waals surface area contributed by atoms with E-state index >= 15 is 0 Å². The van der Waals surface area contributed by atoms with Crippen LogP contribution < -0.4 is 0 Å². The second-order valence-corrected chi connectivity index (χ2v) is 4.00. The van der Waals surface area contributed by atoms with Crippen molar-refractivity contribution in [3.63, 3.8) is 0 Å². The number of allylic oxidation sites excluding steroid dienone is 4. The highest BCUT2D eigenvalue weighted by Gasteiger charge is 2.04. The molecule has 0 bridgehead atoms. The minimum Gasteiger partial charge on any atom is -0.293 e. The number of rotatable bonds is 8. The van der Waals surface area contributed by atoms with Crippen molar-refractivity contribution in [3.05, 3.63) is 37.0 Å². The molecule has 0 atom stereocenters. The third-order valence-corrected chi connectivity index (χ3v) is 2.76. The van der Waals surface area contributed by atoms with Crippen LogP contribution in [-0.2, 0) is 4.79 Å². The van der Waals surface area contributed by atoms with Crippen LogP contribution in [0, 0.1) is 0 Å². The Morgan fingerprint density at radius 3 is 2.64 bits per heavy atom. The zero-order valence-corrected chi connectivity index (χ0v) is 9.61. The molecule has 1 nitrogen and oxygen atoms in total. The highest BCUT2D eigenvalue weighted by molar-refractivity contribution is 7.99. The molecule has 0 aromatic rings. The van der Waals surface area contributed by atoms with E-state index in [2.05, 4.69) is 20.1 Å². The molecule has 0 aliphatic rings. The third-order valence-electron chi connectivity index (χ3n) is 1.71. The van der Waals surface area contributed by atoms with Gasteiger partial charge in [-0.2, -0.15) is 11.8 Å². The molecule has 0 fully saturated rings. The lowest BCUT2D eigenvalue weighted by Gasteiger charge is -2.00. The largest absolute Gasteiger partial charge is 0.293 e. The number of carbonyl (C=O) groups is 1. The van der Waals surface area contributed by atoms with Crippen molar-refractivity contribution in [2.45, 2.75) is 19.8 Å². The number of ketones is 1. The molecule has 0 aliphatic carbocycles. The molecule has 0 amide bonds. The van der Waals surface area contributed by atoms with Crippen molar-refractivity contribution in [2.24, 2.45) is 0 Å². The molecule has 0 saturated heterocycles. The zero-order chi connectivity index (χ0) is 10.8. The Morgan fingerprint density at radius 2 is 2.14 bits per heavy atom. The van der Waals surface area contributed by atoms with Crippen molar-refractivity contribution >= 4 is 17.5 Å². The van der Waals surface area contributed by atoms with Crippen LogP contribution >= 0.6 is 11.8 Å². The molecule has 2 heteroatoms. The summed E-state index contributed by atoms with van der Waals surface area (Å²) in [4.78, 5) is 11.5. The van der Waals surface area contributed by atoms with Crippen LogP contribution in [0.5, 0.6) is 0 Å². The number of carbonyl (C=O) groups excluding carboxylic acids is 1. The van der Waals surface area contributed by atoms with E-state index in [0.717, 1.165) is 5.75 Å². The summed E-state index contributed by atoms with van der Waals surface area (Å²) in [6.45, 7) is 9.30. The number of unbranched alkanes of at least 4 members (excludes halogenated alkanes) is 1. The molecule has 0 heterocycles. The van der Waals surface area contributed by atoms with E-state index in [1.165, 1.54) is 12.8 Å². The Hall–Kier alpha value is -0.760. The summed E-state index contributed by atoms with van der Waals surface area (Å²) in [7, 11) is 0. The third kappa shape index (κ3) is 5.81. The minimum atomic E-state index is 0.140. The highest BCUT2D eigenvalue weighted by Crippen LogP contribution is 2.08. The quantitative estimate of drug-likeness (QED) is 0.347. The van der Waals surface area contributed by atoms with Crippen molar-refractivity contribution in [3.8, 4) is 0 Å². The van der Waals surface area contributed by atoms with Gasteiger partial charge in [0.25, 0.3) is 0 Å². The van der Waals surface area contributed by atoms with Gasteiger partial charge in [0.1, 0.15) is 0 Å². The van der Waals surface area contributed by atoms with Crippen molar-refractivity contribution < 1.29 is 4.79 Å². The van der Waals surface area contributed by atoms with E-state index in [1.807, 2.05) is 0 Å². The molecule has 0 aromatic heterocycles. The van der Waals surface area contributed by atoms with Crippen molar-refractivity contribution in [1.29, 1.82) is 0 Å². The predicted octanol–water partition coefficient (Wildman–Crippen LogP) is 3.39. The molecule has 0 N–H and O–H groups in total. The van der Waals surface area contributed by atoms with Crippen LogP contribution in [0.25, 0.3) is 0 Å². The first-order valence-electron chi connectivity index (χ1n) is 4.82. The SMILES string of the molecule is C=C/C=C(\C=C)C(=O)CSCCCC. The van der Waals surface area contributed by atoms with Crippen LogP contribution in [0.4, 0.5) is 0 Å². The fourth-order valence-electron chi connectivity index (χ4n) is 0.896. The van der Waals surface area contributed by atoms with Gasteiger partial charge in [0.05, 0.1) is 5.75 Å². The Bertz CT molecular complexity index is 228. The van der Waals surface area contributed by atoms with Crippen LogP contribution in [0.2, 0.25) is 0 Å². The van der Waals surface area contributed by atoms with Crippen molar-refractivity contribution in [1.82, 2.24) is 0 Å². The van der Waals surface area contributed by atoms with Gasteiger partial charge in [-0.05, 0) is 12.2 Å². The topological polar surface area (TPSA) is 17.1 Å². The Labute approximate surface area is 91.0 Å². The van der Waals surface area contributed by atoms with Gasteiger partial charge in [0.2, 0.25) is 0 Å².